The molecule has 0 amide bonds. The van der Waals surface area contributed by atoms with E-state index in [1.54, 1.807) is 35.5 Å². The first-order valence-electron chi connectivity index (χ1n) is 10.9. The minimum Gasteiger partial charge on any atom is -0.338 e. The predicted molar refractivity (Wildman–Crippen MR) is 133 cm³/mol. The third kappa shape index (κ3) is 4.39. The van der Waals surface area contributed by atoms with Crippen LogP contribution in [0.4, 0.5) is 5.95 Å². The van der Waals surface area contributed by atoms with Gasteiger partial charge in [-0.15, -0.1) is 11.3 Å². The van der Waals surface area contributed by atoms with Crippen molar-refractivity contribution in [3.05, 3.63) is 72.8 Å². The summed E-state index contributed by atoms with van der Waals surface area (Å²) in [6.45, 7) is 4.36. The molecule has 3 aromatic heterocycles. The number of hydrogen-bond acceptors (Lipinski definition) is 9. The number of rotatable bonds is 5. The van der Waals surface area contributed by atoms with Crippen LogP contribution in [-0.2, 0) is 6.54 Å². The molecule has 7 nitrogen and oxygen atoms in total. The van der Waals surface area contributed by atoms with E-state index in [1.807, 2.05) is 24.3 Å². The summed E-state index contributed by atoms with van der Waals surface area (Å²) >= 11 is 3.33. The smallest absolute Gasteiger partial charge is 0.225 e. The number of aromatic nitrogens is 5. The highest BCUT2D eigenvalue weighted by atomic mass is 32.2. The van der Waals surface area contributed by atoms with Gasteiger partial charge in [0.1, 0.15) is 10.9 Å². The number of anilines is 1. The van der Waals surface area contributed by atoms with E-state index in [4.69, 9.17) is 15.0 Å². The van der Waals surface area contributed by atoms with Crippen molar-refractivity contribution in [2.24, 2.45) is 0 Å². The Morgan fingerprint density at radius 2 is 1.55 bits per heavy atom. The van der Waals surface area contributed by atoms with E-state index in [0.717, 1.165) is 70.3 Å². The van der Waals surface area contributed by atoms with E-state index in [0.29, 0.717) is 0 Å². The number of piperazine rings is 1. The Morgan fingerprint density at radius 3 is 2.36 bits per heavy atom. The summed E-state index contributed by atoms with van der Waals surface area (Å²) in [5.74, 6) is 1.65. The van der Waals surface area contributed by atoms with Crippen molar-refractivity contribution in [1.82, 2.24) is 29.8 Å². The van der Waals surface area contributed by atoms with Crippen LogP contribution in [0.5, 0.6) is 0 Å². The highest BCUT2D eigenvalue weighted by Crippen LogP contribution is 2.36. The highest BCUT2D eigenvalue weighted by molar-refractivity contribution is 8.01. The summed E-state index contributed by atoms with van der Waals surface area (Å²) in [7, 11) is 0. The van der Waals surface area contributed by atoms with Gasteiger partial charge in [-0.05, 0) is 36.0 Å². The number of fused-ring (bicyclic) bond motifs is 2. The molecule has 1 aliphatic rings. The fraction of sp³-hybridized carbons (Fsp3) is 0.208. The minimum absolute atomic E-state index is 0.724. The second-order valence-electron chi connectivity index (χ2n) is 7.82. The molecule has 33 heavy (non-hydrogen) atoms. The Kier molecular flexibility index (Phi) is 5.59. The SMILES string of the molecule is c1cnc(N2CCN(Cc3nc(Sc4nc5ccccc5s4)c4ccccc4n3)CC2)nc1. The minimum atomic E-state index is 0.724. The van der Waals surface area contributed by atoms with Crippen LogP contribution in [0.1, 0.15) is 5.82 Å². The van der Waals surface area contributed by atoms with Gasteiger partial charge in [0.15, 0.2) is 4.34 Å². The fourth-order valence-electron chi connectivity index (χ4n) is 3.98. The van der Waals surface area contributed by atoms with Crippen LogP contribution in [0.2, 0.25) is 0 Å². The summed E-state index contributed by atoms with van der Waals surface area (Å²) < 4.78 is 2.20. The maximum absolute atomic E-state index is 4.98. The van der Waals surface area contributed by atoms with Crippen molar-refractivity contribution in [1.29, 1.82) is 0 Å². The largest absolute Gasteiger partial charge is 0.338 e. The van der Waals surface area contributed by atoms with Gasteiger partial charge in [0, 0.05) is 44.0 Å². The zero-order chi connectivity index (χ0) is 22.0. The number of thiazole rings is 1. The Hall–Kier alpha value is -3.14. The molecule has 5 aromatic rings. The third-order valence-corrected chi connectivity index (χ3v) is 7.75. The molecule has 1 saturated heterocycles. The molecule has 6 rings (SSSR count). The topological polar surface area (TPSA) is 70.9 Å². The molecule has 2 aromatic carbocycles. The molecule has 164 valence electrons. The van der Waals surface area contributed by atoms with E-state index >= 15 is 0 Å². The summed E-state index contributed by atoms with van der Waals surface area (Å²) in [5.41, 5.74) is 2.01. The number of para-hydroxylation sites is 2. The van der Waals surface area contributed by atoms with Gasteiger partial charge in [-0.3, -0.25) is 4.90 Å². The van der Waals surface area contributed by atoms with Crippen molar-refractivity contribution in [3.63, 3.8) is 0 Å². The molecular weight excluding hydrogens is 450 g/mol. The van der Waals surface area contributed by atoms with Crippen molar-refractivity contribution < 1.29 is 0 Å². The monoisotopic (exact) mass is 471 g/mol. The number of nitrogens with zero attached hydrogens (tertiary/aromatic N) is 7. The van der Waals surface area contributed by atoms with Gasteiger partial charge in [-0.25, -0.2) is 24.9 Å². The molecule has 1 fully saturated rings. The first-order valence-corrected chi connectivity index (χ1v) is 12.5. The first-order chi connectivity index (χ1) is 16.3. The average Bonchev–Trinajstić information content (AvgIpc) is 3.27. The average molecular weight is 472 g/mol. The predicted octanol–water partition coefficient (Wildman–Crippen LogP) is 4.50. The van der Waals surface area contributed by atoms with E-state index in [-0.39, 0.29) is 0 Å². The Morgan fingerprint density at radius 1 is 0.788 bits per heavy atom. The van der Waals surface area contributed by atoms with Crippen LogP contribution in [0.15, 0.2) is 76.4 Å². The first kappa shape index (κ1) is 20.5. The maximum Gasteiger partial charge on any atom is 0.225 e. The number of benzene rings is 2. The van der Waals surface area contributed by atoms with Gasteiger partial charge >= 0.3 is 0 Å². The number of hydrogen-bond donors (Lipinski definition) is 0. The summed E-state index contributed by atoms with van der Waals surface area (Å²) in [6.07, 6.45) is 3.59. The Labute approximate surface area is 199 Å². The van der Waals surface area contributed by atoms with Crippen LogP contribution in [-0.4, -0.2) is 56.0 Å². The van der Waals surface area contributed by atoms with Crippen LogP contribution in [0, 0.1) is 0 Å². The molecule has 0 radical (unpaired) electrons. The molecule has 9 heteroatoms. The zero-order valence-electron chi connectivity index (χ0n) is 17.8. The molecule has 4 heterocycles. The molecule has 0 N–H and O–H groups in total. The standard InChI is InChI=1S/C24H21N7S2/c1-2-7-18-17(6-1)22(33-24-28-19-8-3-4-9-20(19)32-24)29-21(27-18)16-30-12-14-31(15-13-30)23-25-10-5-11-26-23/h1-11H,12-16H2. The lowest BCUT2D eigenvalue weighted by Gasteiger charge is -2.34. The Bertz CT molecular complexity index is 1370. The molecule has 0 saturated carbocycles. The molecule has 0 bridgehead atoms. The fourth-order valence-corrected chi connectivity index (χ4v) is 6.09. The van der Waals surface area contributed by atoms with Gasteiger partial charge in [0.25, 0.3) is 0 Å². The molecule has 1 aliphatic heterocycles. The highest BCUT2D eigenvalue weighted by Gasteiger charge is 2.20. The van der Waals surface area contributed by atoms with E-state index in [2.05, 4.69) is 50.1 Å². The van der Waals surface area contributed by atoms with E-state index in [9.17, 15) is 0 Å². The van der Waals surface area contributed by atoms with Crippen molar-refractivity contribution in [2.45, 2.75) is 15.9 Å². The van der Waals surface area contributed by atoms with Gasteiger partial charge in [0.2, 0.25) is 5.95 Å². The lowest BCUT2D eigenvalue weighted by atomic mass is 10.2. The lowest BCUT2D eigenvalue weighted by Crippen LogP contribution is -2.46. The normalized spacial score (nSPS) is 14.8. The molecular formula is C24H21N7S2. The second-order valence-corrected chi connectivity index (χ2v) is 10.1. The lowest BCUT2D eigenvalue weighted by molar-refractivity contribution is 0.242. The van der Waals surface area contributed by atoms with Crippen LogP contribution >= 0.6 is 23.1 Å². The quantitative estimate of drug-likeness (QED) is 0.347. The second kappa shape index (κ2) is 9.01. The van der Waals surface area contributed by atoms with Crippen LogP contribution < -0.4 is 4.90 Å². The molecule has 0 atom stereocenters. The van der Waals surface area contributed by atoms with E-state index in [1.165, 1.54) is 4.70 Å². The van der Waals surface area contributed by atoms with Gasteiger partial charge in [-0.2, -0.15) is 0 Å². The van der Waals surface area contributed by atoms with Crippen molar-refractivity contribution >= 4 is 50.2 Å². The third-order valence-electron chi connectivity index (χ3n) is 5.65. The zero-order valence-corrected chi connectivity index (χ0v) is 19.5. The molecule has 0 aliphatic carbocycles. The van der Waals surface area contributed by atoms with Crippen molar-refractivity contribution in [2.75, 3.05) is 31.1 Å². The molecule has 0 spiro atoms. The van der Waals surface area contributed by atoms with Gasteiger partial charge in [-0.1, -0.05) is 30.3 Å². The Balaban J connectivity index is 1.23. The summed E-state index contributed by atoms with van der Waals surface area (Å²) in [4.78, 5) is 28.0. The van der Waals surface area contributed by atoms with Crippen molar-refractivity contribution in [3.8, 4) is 0 Å². The molecule has 0 unspecified atom stereocenters. The summed E-state index contributed by atoms with van der Waals surface area (Å²) in [5, 5.41) is 2.03. The summed E-state index contributed by atoms with van der Waals surface area (Å²) in [6, 6.07) is 18.3. The van der Waals surface area contributed by atoms with Gasteiger partial charge < -0.3 is 4.90 Å². The van der Waals surface area contributed by atoms with Crippen LogP contribution in [0.3, 0.4) is 0 Å². The maximum atomic E-state index is 4.98. The van der Waals surface area contributed by atoms with Crippen LogP contribution in [0.25, 0.3) is 21.1 Å². The van der Waals surface area contributed by atoms with E-state index < -0.39 is 0 Å². The van der Waals surface area contributed by atoms with Gasteiger partial charge in [0.05, 0.1) is 22.3 Å².